The number of carbonyl (C=O) groups excluding carboxylic acids is 1. The quantitative estimate of drug-likeness (QED) is 0.919. The average molecular weight is 334 g/mol. The third-order valence-corrected chi connectivity index (χ3v) is 3.58. The third-order valence-electron chi connectivity index (χ3n) is 3.05. The summed E-state index contributed by atoms with van der Waals surface area (Å²) < 4.78 is 6.14. The van der Waals surface area contributed by atoms with E-state index in [1.807, 2.05) is 37.3 Å². The second-order valence-electron chi connectivity index (χ2n) is 4.48. The number of methoxy groups -OCH3 is 1. The summed E-state index contributed by atoms with van der Waals surface area (Å²) in [5, 5.41) is 2.97. The highest BCUT2D eigenvalue weighted by Gasteiger charge is 2.11. The van der Waals surface area contributed by atoms with Crippen molar-refractivity contribution in [2.75, 3.05) is 7.11 Å². The third kappa shape index (κ3) is 3.61. The van der Waals surface area contributed by atoms with E-state index < -0.39 is 0 Å². The molecule has 2 rings (SSSR count). The van der Waals surface area contributed by atoms with Crippen LogP contribution >= 0.6 is 15.9 Å². The maximum absolute atomic E-state index is 12.2. The van der Waals surface area contributed by atoms with Gasteiger partial charge in [-0.25, -0.2) is 0 Å². The summed E-state index contributed by atoms with van der Waals surface area (Å²) >= 11 is 3.40. The van der Waals surface area contributed by atoms with Crippen LogP contribution in [0.1, 0.15) is 28.9 Å². The van der Waals surface area contributed by atoms with Gasteiger partial charge in [0.2, 0.25) is 0 Å². The molecule has 1 atom stereocenters. The Morgan fingerprint density at radius 3 is 2.55 bits per heavy atom. The first-order valence-corrected chi connectivity index (χ1v) is 7.10. The zero-order chi connectivity index (χ0) is 14.5. The van der Waals surface area contributed by atoms with Gasteiger partial charge < -0.3 is 10.1 Å². The summed E-state index contributed by atoms with van der Waals surface area (Å²) in [7, 11) is 1.58. The van der Waals surface area contributed by atoms with E-state index in [9.17, 15) is 4.79 Å². The van der Waals surface area contributed by atoms with Crippen LogP contribution in [0.2, 0.25) is 0 Å². The lowest BCUT2D eigenvalue weighted by Gasteiger charge is -2.14. The van der Waals surface area contributed by atoms with Crippen molar-refractivity contribution in [1.82, 2.24) is 5.32 Å². The number of benzene rings is 2. The summed E-state index contributed by atoms with van der Waals surface area (Å²) in [4.78, 5) is 12.2. The minimum atomic E-state index is -0.112. The predicted molar refractivity (Wildman–Crippen MR) is 83.0 cm³/mol. The predicted octanol–water partition coefficient (Wildman–Crippen LogP) is 3.95. The molecule has 2 aromatic carbocycles. The number of amides is 1. The molecule has 0 heterocycles. The van der Waals surface area contributed by atoms with E-state index in [4.69, 9.17) is 4.74 Å². The zero-order valence-corrected chi connectivity index (χ0v) is 13.0. The highest BCUT2D eigenvalue weighted by molar-refractivity contribution is 9.10. The van der Waals surface area contributed by atoms with Crippen molar-refractivity contribution < 1.29 is 9.53 Å². The van der Waals surface area contributed by atoms with Crippen molar-refractivity contribution in [3.8, 4) is 5.75 Å². The number of carbonyl (C=O) groups is 1. The van der Waals surface area contributed by atoms with Gasteiger partial charge in [0.25, 0.3) is 5.91 Å². The Labute approximate surface area is 127 Å². The summed E-state index contributed by atoms with van der Waals surface area (Å²) in [6.45, 7) is 1.96. The van der Waals surface area contributed by atoms with Crippen LogP contribution in [0.25, 0.3) is 0 Å². The Hall–Kier alpha value is -1.81. The van der Waals surface area contributed by atoms with Crippen LogP contribution < -0.4 is 10.1 Å². The number of nitrogens with one attached hydrogen (secondary N) is 1. The van der Waals surface area contributed by atoms with E-state index in [-0.39, 0.29) is 11.9 Å². The molecule has 2 aromatic rings. The van der Waals surface area contributed by atoms with Crippen molar-refractivity contribution in [2.24, 2.45) is 0 Å². The fraction of sp³-hybridized carbons (Fsp3) is 0.188. The fourth-order valence-electron chi connectivity index (χ4n) is 1.88. The Bertz CT molecular complexity index is 596. The molecule has 20 heavy (non-hydrogen) atoms. The molecule has 0 aliphatic rings. The maximum atomic E-state index is 12.2. The van der Waals surface area contributed by atoms with Gasteiger partial charge in [-0.3, -0.25) is 4.79 Å². The minimum Gasteiger partial charge on any atom is -0.497 e. The maximum Gasteiger partial charge on any atom is 0.251 e. The van der Waals surface area contributed by atoms with Gasteiger partial charge in [-0.15, -0.1) is 0 Å². The molecular formula is C16H16BrNO2. The molecule has 0 aliphatic carbocycles. The Kier molecular flexibility index (Phi) is 4.79. The molecule has 0 aromatic heterocycles. The summed E-state index contributed by atoms with van der Waals surface area (Å²) in [5.74, 6) is 0.563. The van der Waals surface area contributed by atoms with E-state index in [1.165, 1.54) is 0 Å². The van der Waals surface area contributed by atoms with Gasteiger partial charge in [0.1, 0.15) is 5.75 Å². The molecule has 1 amide bonds. The molecule has 0 spiro atoms. The largest absolute Gasteiger partial charge is 0.497 e. The molecule has 4 heteroatoms. The minimum absolute atomic E-state index is 0.0539. The van der Waals surface area contributed by atoms with Crippen LogP contribution in [-0.4, -0.2) is 13.0 Å². The van der Waals surface area contributed by atoms with Gasteiger partial charge in [0.05, 0.1) is 13.2 Å². The first-order chi connectivity index (χ1) is 9.60. The standard InChI is InChI=1S/C16H16BrNO2/c1-11(12-6-8-14(17)9-7-12)18-16(19)13-4-3-5-15(10-13)20-2/h3-11H,1-2H3,(H,18,19)/t11-/m0/s1. The van der Waals surface area contributed by atoms with Gasteiger partial charge in [-0.1, -0.05) is 34.1 Å². The van der Waals surface area contributed by atoms with Gasteiger partial charge >= 0.3 is 0 Å². The van der Waals surface area contributed by atoms with Gasteiger partial charge in [-0.05, 0) is 42.8 Å². The number of hydrogen-bond acceptors (Lipinski definition) is 2. The van der Waals surface area contributed by atoms with Crippen molar-refractivity contribution >= 4 is 21.8 Å². The second kappa shape index (κ2) is 6.57. The molecule has 1 N–H and O–H groups in total. The van der Waals surface area contributed by atoms with Crippen molar-refractivity contribution in [3.05, 3.63) is 64.1 Å². The molecule has 3 nitrogen and oxygen atoms in total. The number of rotatable bonds is 4. The molecule has 104 valence electrons. The van der Waals surface area contributed by atoms with Crippen molar-refractivity contribution in [2.45, 2.75) is 13.0 Å². The lowest BCUT2D eigenvalue weighted by molar-refractivity contribution is 0.0939. The fourth-order valence-corrected chi connectivity index (χ4v) is 2.14. The first-order valence-electron chi connectivity index (χ1n) is 6.30. The van der Waals surface area contributed by atoms with Gasteiger partial charge in [0.15, 0.2) is 0 Å². The molecule has 0 bridgehead atoms. The SMILES string of the molecule is COc1cccc(C(=O)N[C@@H](C)c2ccc(Br)cc2)c1. The zero-order valence-electron chi connectivity index (χ0n) is 11.4. The van der Waals surface area contributed by atoms with Crippen LogP contribution in [0, 0.1) is 0 Å². The molecule has 0 radical (unpaired) electrons. The second-order valence-corrected chi connectivity index (χ2v) is 5.39. The van der Waals surface area contributed by atoms with Crippen LogP contribution in [0.3, 0.4) is 0 Å². The number of halogens is 1. The molecule has 0 aliphatic heterocycles. The van der Waals surface area contributed by atoms with E-state index in [0.717, 1.165) is 10.0 Å². The highest BCUT2D eigenvalue weighted by atomic mass is 79.9. The molecule has 0 saturated carbocycles. The van der Waals surface area contributed by atoms with E-state index in [1.54, 1.807) is 25.3 Å². The number of hydrogen-bond donors (Lipinski definition) is 1. The summed E-state index contributed by atoms with van der Waals surface area (Å²) in [6.07, 6.45) is 0. The first kappa shape index (κ1) is 14.6. The van der Waals surface area contributed by atoms with Crippen LogP contribution in [0.15, 0.2) is 53.0 Å². The molecule has 0 unspecified atom stereocenters. The van der Waals surface area contributed by atoms with Crippen LogP contribution in [-0.2, 0) is 0 Å². The average Bonchev–Trinajstić information content (AvgIpc) is 2.47. The van der Waals surface area contributed by atoms with Crippen LogP contribution in [0.5, 0.6) is 5.75 Å². The van der Waals surface area contributed by atoms with Crippen molar-refractivity contribution in [1.29, 1.82) is 0 Å². The molecular weight excluding hydrogens is 318 g/mol. The van der Waals surface area contributed by atoms with Gasteiger partial charge in [0, 0.05) is 10.0 Å². The van der Waals surface area contributed by atoms with Gasteiger partial charge in [-0.2, -0.15) is 0 Å². The Morgan fingerprint density at radius 2 is 1.90 bits per heavy atom. The summed E-state index contributed by atoms with van der Waals surface area (Å²) in [5.41, 5.74) is 1.65. The normalized spacial score (nSPS) is 11.8. The highest BCUT2D eigenvalue weighted by Crippen LogP contribution is 2.18. The summed E-state index contributed by atoms with van der Waals surface area (Å²) in [6, 6.07) is 15.0. The molecule has 0 saturated heterocycles. The lowest BCUT2D eigenvalue weighted by atomic mass is 10.1. The monoisotopic (exact) mass is 333 g/mol. The Balaban J connectivity index is 2.08. The van der Waals surface area contributed by atoms with E-state index in [0.29, 0.717) is 11.3 Å². The lowest BCUT2D eigenvalue weighted by Crippen LogP contribution is -2.26. The number of ether oxygens (including phenoxy) is 1. The van der Waals surface area contributed by atoms with Crippen LogP contribution in [0.4, 0.5) is 0 Å². The Morgan fingerprint density at radius 1 is 1.20 bits per heavy atom. The van der Waals surface area contributed by atoms with E-state index in [2.05, 4.69) is 21.2 Å². The van der Waals surface area contributed by atoms with Crippen molar-refractivity contribution in [3.63, 3.8) is 0 Å². The van der Waals surface area contributed by atoms with E-state index >= 15 is 0 Å². The topological polar surface area (TPSA) is 38.3 Å². The molecule has 0 fully saturated rings. The smallest absolute Gasteiger partial charge is 0.251 e.